The topological polar surface area (TPSA) is 78.4 Å². The van der Waals surface area contributed by atoms with Gasteiger partial charge in [-0.25, -0.2) is 13.6 Å². The molecule has 0 spiro atoms. The highest BCUT2D eigenvalue weighted by Gasteiger charge is 2.14. The van der Waals surface area contributed by atoms with E-state index in [1.807, 2.05) is 0 Å². The summed E-state index contributed by atoms with van der Waals surface area (Å²) in [6.07, 6.45) is 0.492. The van der Waals surface area contributed by atoms with Gasteiger partial charge in [0.05, 0.1) is 0 Å². The van der Waals surface area contributed by atoms with Crippen LogP contribution in [0.5, 0.6) is 0 Å². The molecule has 3 N–H and O–H groups in total. The van der Waals surface area contributed by atoms with E-state index in [0.717, 1.165) is 12.1 Å². The second-order valence-electron chi connectivity index (χ2n) is 4.30. The van der Waals surface area contributed by atoms with E-state index in [9.17, 15) is 18.4 Å². The van der Waals surface area contributed by atoms with Crippen molar-refractivity contribution in [3.05, 3.63) is 29.8 Å². The van der Waals surface area contributed by atoms with Gasteiger partial charge in [0.25, 0.3) is 0 Å². The molecule has 0 heterocycles. The van der Waals surface area contributed by atoms with Crippen LogP contribution in [0.4, 0.5) is 19.3 Å². The second kappa shape index (κ2) is 7.42. The number of para-hydroxylation sites is 1. The molecule has 0 saturated carbocycles. The summed E-state index contributed by atoms with van der Waals surface area (Å²) < 4.78 is 26.6. The number of carbonyl (C=O) groups excluding carboxylic acids is 1. The number of nitrogens with one attached hydrogen (secondary N) is 2. The number of halogens is 2. The molecule has 1 atom stereocenters. The standard InChI is InChI=1S/C13H16F2N2O3/c1-2-8(6-11(18)19)7-16-13(20)17-12-9(14)4-3-5-10(12)15/h3-5,8H,2,6-7H2,1H3,(H,18,19)(H2,16,17,20). The van der Waals surface area contributed by atoms with Crippen LogP contribution in [-0.2, 0) is 4.79 Å². The predicted octanol–water partition coefficient (Wildman–Crippen LogP) is 2.59. The van der Waals surface area contributed by atoms with Crippen LogP contribution in [0.3, 0.4) is 0 Å². The molecule has 20 heavy (non-hydrogen) atoms. The Morgan fingerprint density at radius 1 is 1.30 bits per heavy atom. The van der Waals surface area contributed by atoms with Gasteiger partial charge >= 0.3 is 12.0 Å². The fourth-order valence-electron chi connectivity index (χ4n) is 1.62. The fourth-order valence-corrected chi connectivity index (χ4v) is 1.62. The summed E-state index contributed by atoms with van der Waals surface area (Å²) >= 11 is 0. The number of hydrogen-bond donors (Lipinski definition) is 3. The van der Waals surface area contributed by atoms with Gasteiger partial charge in [-0.3, -0.25) is 4.79 Å². The van der Waals surface area contributed by atoms with Gasteiger partial charge in [-0.1, -0.05) is 19.4 Å². The molecule has 1 rings (SSSR count). The minimum Gasteiger partial charge on any atom is -0.481 e. The molecule has 2 amide bonds. The van der Waals surface area contributed by atoms with Gasteiger partial charge in [0.1, 0.15) is 17.3 Å². The van der Waals surface area contributed by atoms with Crippen molar-refractivity contribution in [2.45, 2.75) is 19.8 Å². The van der Waals surface area contributed by atoms with E-state index >= 15 is 0 Å². The number of carboxylic acid groups (broad SMARTS) is 1. The third kappa shape index (κ3) is 4.83. The van der Waals surface area contributed by atoms with Crippen LogP contribution >= 0.6 is 0 Å². The Morgan fingerprint density at radius 2 is 1.90 bits per heavy atom. The normalized spacial score (nSPS) is 11.8. The summed E-state index contributed by atoms with van der Waals surface area (Å²) in [6, 6.07) is 2.46. The van der Waals surface area contributed by atoms with Crippen molar-refractivity contribution >= 4 is 17.7 Å². The Balaban J connectivity index is 2.53. The van der Waals surface area contributed by atoms with E-state index in [-0.39, 0.29) is 18.9 Å². The van der Waals surface area contributed by atoms with E-state index in [0.29, 0.717) is 6.42 Å². The average molecular weight is 286 g/mol. The summed E-state index contributed by atoms with van der Waals surface area (Å²) in [5.41, 5.74) is -0.531. The van der Waals surface area contributed by atoms with Crippen molar-refractivity contribution in [1.82, 2.24) is 5.32 Å². The highest BCUT2D eigenvalue weighted by molar-refractivity contribution is 5.89. The molecule has 0 aliphatic rings. The minimum absolute atomic E-state index is 0.0785. The minimum atomic E-state index is -0.959. The SMILES string of the molecule is CCC(CNC(=O)Nc1c(F)cccc1F)CC(=O)O. The molecular weight excluding hydrogens is 270 g/mol. The molecule has 0 aliphatic carbocycles. The van der Waals surface area contributed by atoms with Crippen molar-refractivity contribution < 1.29 is 23.5 Å². The van der Waals surface area contributed by atoms with E-state index in [4.69, 9.17) is 5.11 Å². The zero-order chi connectivity index (χ0) is 15.1. The highest BCUT2D eigenvalue weighted by atomic mass is 19.1. The van der Waals surface area contributed by atoms with Gasteiger partial charge in [-0.15, -0.1) is 0 Å². The molecule has 0 aliphatic heterocycles. The second-order valence-corrected chi connectivity index (χ2v) is 4.30. The maximum absolute atomic E-state index is 13.3. The maximum atomic E-state index is 13.3. The molecule has 1 unspecified atom stereocenters. The van der Waals surface area contributed by atoms with Crippen LogP contribution < -0.4 is 10.6 Å². The first-order valence-electron chi connectivity index (χ1n) is 6.14. The molecule has 7 heteroatoms. The lowest BCUT2D eigenvalue weighted by molar-refractivity contribution is -0.138. The quantitative estimate of drug-likeness (QED) is 0.752. The lowest BCUT2D eigenvalue weighted by Crippen LogP contribution is -2.34. The van der Waals surface area contributed by atoms with Crippen molar-refractivity contribution in [2.75, 3.05) is 11.9 Å². The fraction of sp³-hybridized carbons (Fsp3) is 0.385. The van der Waals surface area contributed by atoms with Gasteiger partial charge < -0.3 is 15.7 Å². The number of anilines is 1. The molecule has 5 nitrogen and oxygen atoms in total. The highest BCUT2D eigenvalue weighted by Crippen LogP contribution is 2.17. The summed E-state index contributed by atoms with van der Waals surface area (Å²) in [4.78, 5) is 22.1. The molecule has 1 aromatic carbocycles. The Morgan fingerprint density at radius 3 is 2.40 bits per heavy atom. The zero-order valence-electron chi connectivity index (χ0n) is 11.0. The Hall–Kier alpha value is -2.18. The van der Waals surface area contributed by atoms with Crippen LogP contribution in [0.1, 0.15) is 19.8 Å². The van der Waals surface area contributed by atoms with Gasteiger partial charge in [0, 0.05) is 13.0 Å². The largest absolute Gasteiger partial charge is 0.481 e. The third-order valence-corrected chi connectivity index (χ3v) is 2.79. The maximum Gasteiger partial charge on any atom is 0.319 e. The first-order valence-corrected chi connectivity index (χ1v) is 6.14. The van der Waals surface area contributed by atoms with Crippen LogP contribution in [-0.4, -0.2) is 23.7 Å². The van der Waals surface area contributed by atoms with Crippen molar-refractivity contribution in [3.63, 3.8) is 0 Å². The van der Waals surface area contributed by atoms with E-state index in [1.165, 1.54) is 6.07 Å². The lowest BCUT2D eigenvalue weighted by Gasteiger charge is -2.14. The molecule has 1 aromatic rings. The lowest BCUT2D eigenvalue weighted by atomic mass is 10.0. The molecule has 0 fully saturated rings. The molecule has 0 aromatic heterocycles. The Bertz CT molecular complexity index is 474. The number of carboxylic acids is 1. The van der Waals surface area contributed by atoms with Crippen molar-refractivity contribution in [1.29, 1.82) is 0 Å². The molecule has 0 radical (unpaired) electrons. The van der Waals surface area contributed by atoms with Crippen LogP contribution in [0.2, 0.25) is 0 Å². The molecular formula is C13H16F2N2O3. The predicted molar refractivity (Wildman–Crippen MR) is 69.4 cm³/mol. The van der Waals surface area contributed by atoms with Gasteiger partial charge in [-0.2, -0.15) is 0 Å². The Labute approximate surface area is 115 Å². The van der Waals surface area contributed by atoms with Gasteiger partial charge in [-0.05, 0) is 18.1 Å². The number of urea groups is 1. The molecule has 110 valence electrons. The summed E-state index contributed by atoms with van der Waals surface area (Å²) in [5, 5.41) is 13.1. The number of rotatable bonds is 6. The zero-order valence-corrected chi connectivity index (χ0v) is 11.0. The van der Waals surface area contributed by atoms with Crippen molar-refractivity contribution in [2.24, 2.45) is 5.92 Å². The molecule has 0 bridgehead atoms. The number of carbonyl (C=O) groups is 2. The van der Waals surface area contributed by atoms with E-state index in [2.05, 4.69) is 10.6 Å². The number of amides is 2. The van der Waals surface area contributed by atoms with Gasteiger partial charge in [0.2, 0.25) is 0 Å². The van der Waals surface area contributed by atoms with E-state index < -0.39 is 29.3 Å². The van der Waals surface area contributed by atoms with Crippen LogP contribution in [0.25, 0.3) is 0 Å². The third-order valence-electron chi connectivity index (χ3n) is 2.79. The Kier molecular flexibility index (Phi) is 5.89. The first-order chi connectivity index (χ1) is 9.43. The van der Waals surface area contributed by atoms with Crippen LogP contribution in [0, 0.1) is 17.6 Å². The van der Waals surface area contributed by atoms with Crippen molar-refractivity contribution in [3.8, 4) is 0 Å². The van der Waals surface area contributed by atoms with E-state index in [1.54, 1.807) is 6.92 Å². The summed E-state index contributed by atoms with van der Waals surface area (Å²) in [7, 11) is 0. The monoisotopic (exact) mass is 286 g/mol. The summed E-state index contributed by atoms with van der Waals surface area (Å²) in [6.45, 7) is 1.91. The first kappa shape index (κ1) is 15.9. The number of benzene rings is 1. The van der Waals surface area contributed by atoms with Crippen LogP contribution in [0.15, 0.2) is 18.2 Å². The number of aliphatic carboxylic acids is 1. The molecule has 0 saturated heterocycles. The summed E-state index contributed by atoms with van der Waals surface area (Å²) in [5.74, 6) is -2.95. The van der Waals surface area contributed by atoms with Gasteiger partial charge in [0.15, 0.2) is 0 Å². The average Bonchev–Trinajstić information content (AvgIpc) is 2.38. The number of hydrogen-bond acceptors (Lipinski definition) is 2. The smallest absolute Gasteiger partial charge is 0.319 e.